The number of pyridine rings is 1. The third kappa shape index (κ3) is 7.52. The number of nitrogens with zero attached hydrogens (tertiary/aromatic N) is 3. The van der Waals surface area contributed by atoms with Crippen LogP contribution in [0.3, 0.4) is 0 Å². The van der Waals surface area contributed by atoms with Gasteiger partial charge < -0.3 is 15.4 Å². The van der Waals surface area contributed by atoms with Crippen LogP contribution in [0.5, 0.6) is 11.6 Å². The van der Waals surface area contributed by atoms with Gasteiger partial charge in [0.25, 0.3) is 0 Å². The van der Waals surface area contributed by atoms with Crippen LogP contribution in [-0.2, 0) is 19.5 Å². The van der Waals surface area contributed by atoms with Crippen LogP contribution >= 0.6 is 35.3 Å². The average Bonchev–Trinajstić information content (AvgIpc) is 3.20. The molecule has 0 amide bonds. The lowest BCUT2D eigenvalue weighted by atomic mass is 10.2. The Kier molecular flexibility index (Phi) is 9.95. The smallest absolute Gasteiger partial charge is 0.219 e. The Morgan fingerprint density at radius 2 is 1.93 bits per heavy atom. The summed E-state index contributed by atoms with van der Waals surface area (Å²) < 4.78 is 18.7. The summed E-state index contributed by atoms with van der Waals surface area (Å²) in [4.78, 5) is 14.5. The summed E-state index contributed by atoms with van der Waals surface area (Å²) in [6, 6.07) is 9.55. The normalized spacial score (nSPS) is 11.0. The maximum Gasteiger partial charge on any atom is 0.219 e. The summed E-state index contributed by atoms with van der Waals surface area (Å²) in [7, 11) is 0. The molecule has 0 spiro atoms. The van der Waals surface area contributed by atoms with Gasteiger partial charge in [0.15, 0.2) is 5.96 Å². The molecule has 0 saturated heterocycles. The van der Waals surface area contributed by atoms with Crippen LogP contribution in [0.1, 0.15) is 29.3 Å². The van der Waals surface area contributed by atoms with E-state index in [9.17, 15) is 4.39 Å². The Hall–Kier alpha value is -2.27. The number of aliphatic imine (C=N–C) groups is 1. The van der Waals surface area contributed by atoms with E-state index in [2.05, 4.69) is 32.5 Å². The predicted octanol–water partition coefficient (Wildman–Crippen LogP) is 4.91. The molecule has 0 radical (unpaired) electrons. The Morgan fingerprint density at radius 3 is 2.63 bits per heavy atom. The van der Waals surface area contributed by atoms with E-state index in [0.29, 0.717) is 24.7 Å². The number of ether oxygens (including phenoxy) is 1. The molecule has 0 atom stereocenters. The van der Waals surface area contributed by atoms with Gasteiger partial charge in [-0.2, -0.15) is 0 Å². The third-order valence-corrected chi connectivity index (χ3v) is 5.10. The molecule has 2 N–H and O–H groups in total. The number of thiazole rings is 1. The number of aromatic nitrogens is 2. The van der Waals surface area contributed by atoms with Crippen molar-refractivity contribution in [3.8, 4) is 11.6 Å². The molecular weight excluding hydrogens is 516 g/mol. The molecule has 30 heavy (non-hydrogen) atoms. The molecule has 0 bridgehead atoms. The van der Waals surface area contributed by atoms with Crippen LogP contribution in [0, 0.1) is 5.82 Å². The number of nitrogens with one attached hydrogen (secondary N) is 2. The number of benzene rings is 1. The van der Waals surface area contributed by atoms with E-state index in [1.54, 1.807) is 29.7 Å². The lowest BCUT2D eigenvalue weighted by Gasteiger charge is -2.10. The van der Waals surface area contributed by atoms with Crippen molar-refractivity contribution < 1.29 is 9.13 Å². The summed E-state index contributed by atoms with van der Waals surface area (Å²) in [6.07, 6.45) is 4.59. The van der Waals surface area contributed by atoms with E-state index in [4.69, 9.17) is 4.74 Å². The zero-order valence-electron chi connectivity index (χ0n) is 16.9. The highest BCUT2D eigenvalue weighted by atomic mass is 127. The lowest BCUT2D eigenvalue weighted by Crippen LogP contribution is -2.36. The monoisotopic (exact) mass is 541 g/mol. The zero-order valence-corrected chi connectivity index (χ0v) is 20.0. The van der Waals surface area contributed by atoms with Gasteiger partial charge in [-0.25, -0.2) is 19.4 Å². The van der Waals surface area contributed by atoms with Crippen molar-refractivity contribution in [3.63, 3.8) is 0 Å². The van der Waals surface area contributed by atoms with E-state index < -0.39 is 0 Å². The van der Waals surface area contributed by atoms with Crippen molar-refractivity contribution in [2.45, 2.75) is 33.4 Å². The SMILES string of the molecule is CCNC(=NCc1ccnc(Oc2ccc(F)cc2)c1)NCc1ncc(CC)s1.I. The van der Waals surface area contributed by atoms with Crippen LogP contribution < -0.4 is 15.4 Å². The lowest BCUT2D eigenvalue weighted by molar-refractivity contribution is 0.460. The summed E-state index contributed by atoms with van der Waals surface area (Å²) in [6.45, 7) is 6.01. The second-order valence-electron chi connectivity index (χ2n) is 6.18. The van der Waals surface area contributed by atoms with Crippen molar-refractivity contribution in [1.29, 1.82) is 0 Å². The average molecular weight is 541 g/mol. The van der Waals surface area contributed by atoms with Crippen molar-refractivity contribution in [3.05, 3.63) is 70.1 Å². The molecular formula is C21H25FIN5OS. The molecule has 0 unspecified atom stereocenters. The minimum Gasteiger partial charge on any atom is -0.439 e. The second-order valence-corrected chi connectivity index (χ2v) is 7.38. The first-order valence-corrected chi connectivity index (χ1v) is 10.3. The summed E-state index contributed by atoms with van der Waals surface area (Å²) in [5.74, 6) is 1.39. The molecule has 6 nitrogen and oxygen atoms in total. The van der Waals surface area contributed by atoms with Crippen molar-refractivity contribution >= 4 is 41.3 Å². The van der Waals surface area contributed by atoms with Crippen LogP contribution in [0.2, 0.25) is 0 Å². The van der Waals surface area contributed by atoms with E-state index in [0.717, 1.165) is 29.5 Å². The molecule has 0 aliphatic heterocycles. The molecule has 0 aliphatic rings. The Labute approximate surface area is 197 Å². The standard InChI is InChI=1S/C21H24FN5OS.HI/c1-3-18-13-25-20(29-18)14-27-21(23-4-2)26-12-15-9-10-24-19(11-15)28-17-7-5-16(22)6-8-17;/h5-11,13H,3-4,12,14H2,1-2H3,(H2,23,26,27);1H. The number of guanidine groups is 1. The molecule has 0 aliphatic carbocycles. The Morgan fingerprint density at radius 1 is 1.13 bits per heavy atom. The van der Waals surface area contributed by atoms with Gasteiger partial charge in [-0.1, -0.05) is 6.92 Å². The highest BCUT2D eigenvalue weighted by Gasteiger charge is 2.04. The number of halogens is 2. The molecule has 3 aromatic rings. The number of hydrogen-bond donors (Lipinski definition) is 2. The molecule has 0 fully saturated rings. The van der Waals surface area contributed by atoms with Gasteiger partial charge in [-0.05, 0) is 49.2 Å². The molecule has 3 rings (SSSR count). The van der Waals surface area contributed by atoms with Gasteiger partial charge in [0.1, 0.15) is 16.6 Å². The highest BCUT2D eigenvalue weighted by Crippen LogP contribution is 2.20. The van der Waals surface area contributed by atoms with Crippen molar-refractivity contribution in [2.24, 2.45) is 4.99 Å². The molecule has 0 saturated carbocycles. The van der Waals surface area contributed by atoms with Crippen molar-refractivity contribution in [2.75, 3.05) is 6.54 Å². The topological polar surface area (TPSA) is 71.4 Å². The van der Waals surface area contributed by atoms with E-state index in [1.165, 1.54) is 17.0 Å². The van der Waals surface area contributed by atoms with Gasteiger partial charge >= 0.3 is 0 Å². The predicted molar refractivity (Wildman–Crippen MR) is 129 cm³/mol. The van der Waals surface area contributed by atoms with Gasteiger partial charge in [-0.3, -0.25) is 0 Å². The third-order valence-electron chi connectivity index (χ3n) is 3.96. The fourth-order valence-corrected chi connectivity index (χ4v) is 3.29. The summed E-state index contributed by atoms with van der Waals surface area (Å²) in [5.41, 5.74) is 0.955. The summed E-state index contributed by atoms with van der Waals surface area (Å²) >= 11 is 1.71. The maximum atomic E-state index is 13.0. The molecule has 2 heterocycles. The largest absolute Gasteiger partial charge is 0.439 e. The highest BCUT2D eigenvalue weighted by molar-refractivity contribution is 14.0. The van der Waals surface area contributed by atoms with Crippen LogP contribution in [0.15, 0.2) is 53.8 Å². The van der Waals surface area contributed by atoms with E-state index in [-0.39, 0.29) is 29.8 Å². The van der Waals surface area contributed by atoms with Gasteiger partial charge in [0, 0.05) is 29.9 Å². The zero-order chi connectivity index (χ0) is 20.5. The fraction of sp³-hybridized carbons (Fsp3) is 0.286. The molecule has 1 aromatic carbocycles. The first-order valence-electron chi connectivity index (χ1n) is 9.50. The van der Waals surface area contributed by atoms with Crippen LogP contribution in [0.25, 0.3) is 0 Å². The van der Waals surface area contributed by atoms with Gasteiger partial charge in [0.05, 0.1) is 13.1 Å². The van der Waals surface area contributed by atoms with Gasteiger partial charge in [0.2, 0.25) is 5.88 Å². The minimum absolute atomic E-state index is 0. The Balaban J connectivity index is 0.00000320. The number of aryl methyl sites for hydroxylation is 1. The maximum absolute atomic E-state index is 13.0. The summed E-state index contributed by atoms with van der Waals surface area (Å²) in [5, 5.41) is 7.58. The van der Waals surface area contributed by atoms with Crippen LogP contribution in [-0.4, -0.2) is 22.5 Å². The van der Waals surface area contributed by atoms with Gasteiger partial charge in [-0.15, -0.1) is 35.3 Å². The number of hydrogen-bond acceptors (Lipinski definition) is 5. The quantitative estimate of drug-likeness (QED) is 0.241. The molecule has 2 aromatic heterocycles. The second kappa shape index (κ2) is 12.4. The Bertz CT molecular complexity index is 949. The first kappa shape index (κ1) is 24.0. The number of rotatable bonds is 8. The molecule has 160 valence electrons. The van der Waals surface area contributed by atoms with Crippen LogP contribution in [0.4, 0.5) is 4.39 Å². The van der Waals surface area contributed by atoms with E-state index in [1.807, 2.05) is 25.3 Å². The fourth-order valence-electron chi connectivity index (χ4n) is 2.49. The van der Waals surface area contributed by atoms with E-state index >= 15 is 0 Å². The van der Waals surface area contributed by atoms with Crippen molar-refractivity contribution in [1.82, 2.24) is 20.6 Å². The first-order chi connectivity index (χ1) is 14.2. The minimum atomic E-state index is -0.305. The molecule has 9 heteroatoms.